The van der Waals surface area contributed by atoms with Crippen molar-refractivity contribution in [1.29, 1.82) is 0 Å². The molecule has 1 aromatic carbocycles. The van der Waals surface area contributed by atoms with Crippen molar-refractivity contribution in [3.63, 3.8) is 0 Å². The molecule has 0 unspecified atom stereocenters. The molecule has 0 aliphatic heterocycles. The van der Waals surface area contributed by atoms with E-state index in [2.05, 4.69) is 17.8 Å². The molecule has 3 heteroatoms. The van der Waals surface area contributed by atoms with Gasteiger partial charge in [-0.15, -0.1) is 0 Å². The highest BCUT2D eigenvalue weighted by Gasteiger charge is 2.06. The normalized spacial score (nSPS) is 12.2. The van der Waals surface area contributed by atoms with Gasteiger partial charge >= 0.3 is 0 Å². The molecular weight excluding hydrogens is 200 g/mol. The maximum absolute atomic E-state index is 9.39. The van der Waals surface area contributed by atoms with Gasteiger partial charge in [0.2, 0.25) is 0 Å². The van der Waals surface area contributed by atoms with Crippen LogP contribution in [0.4, 0.5) is 0 Å². The first-order valence-corrected chi connectivity index (χ1v) is 5.64. The third kappa shape index (κ3) is 3.36. The van der Waals surface area contributed by atoms with E-state index in [9.17, 15) is 5.11 Å². The molecular formula is C13H20N2O. The summed E-state index contributed by atoms with van der Waals surface area (Å²) in [5, 5.41) is 9.39. The minimum absolute atomic E-state index is 0.0900. The number of rotatable bonds is 6. The van der Waals surface area contributed by atoms with Crippen molar-refractivity contribution in [2.24, 2.45) is 0 Å². The average molecular weight is 220 g/mol. The molecule has 1 aromatic rings. The van der Waals surface area contributed by atoms with Crippen molar-refractivity contribution in [3.05, 3.63) is 41.5 Å². The van der Waals surface area contributed by atoms with Crippen LogP contribution in [0.5, 0.6) is 0 Å². The highest BCUT2D eigenvalue weighted by Crippen LogP contribution is 2.18. The van der Waals surface area contributed by atoms with Crippen molar-refractivity contribution in [2.75, 3.05) is 13.7 Å². The maximum atomic E-state index is 9.39. The Balaban J connectivity index is 3.05. The Morgan fingerprint density at radius 2 is 1.94 bits per heavy atom. The fourth-order valence-electron chi connectivity index (χ4n) is 1.68. The van der Waals surface area contributed by atoms with Crippen LogP contribution < -0.4 is 10.9 Å². The summed E-state index contributed by atoms with van der Waals surface area (Å²) in [6.07, 6.45) is 1.92. The van der Waals surface area contributed by atoms with Gasteiger partial charge in [-0.3, -0.25) is 0 Å². The van der Waals surface area contributed by atoms with Crippen LogP contribution in [0.1, 0.15) is 25.3 Å². The molecule has 16 heavy (non-hydrogen) atoms. The first-order chi connectivity index (χ1) is 7.83. The van der Waals surface area contributed by atoms with E-state index in [1.165, 1.54) is 0 Å². The number of aliphatic hydroxyl groups is 1. The molecule has 0 atom stereocenters. The second-order valence-corrected chi connectivity index (χ2v) is 3.63. The Labute approximate surface area is 97.2 Å². The first-order valence-electron chi connectivity index (χ1n) is 5.64. The standard InChI is InChI=1S/C13H20N2O/c1-3-7-12(10-16)13(15-14-2)11-8-5-4-6-9-11/h4-6,8-9,14-16H,3,7,10H2,1-2H3/b13-12+. The van der Waals surface area contributed by atoms with Gasteiger partial charge < -0.3 is 10.5 Å². The number of aliphatic hydroxyl groups excluding tert-OH is 1. The van der Waals surface area contributed by atoms with Gasteiger partial charge in [-0.05, 0) is 17.6 Å². The summed E-state index contributed by atoms with van der Waals surface area (Å²) in [4.78, 5) is 0. The molecule has 0 aliphatic carbocycles. The largest absolute Gasteiger partial charge is 0.392 e. The third-order valence-corrected chi connectivity index (χ3v) is 2.41. The topological polar surface area (TPSA) is 44.3 Å². The van der Waals surface area contributed by atoms with E-state index < -0.39 is 0 Å². The van der Waals surface area contributed by atoms with E-state index in [4.69, 9.17) is 0 Å². The lowest BCUT2D eigenvalue weighted by Crippen LogP contribution is -2.27. The van der Waals surface area contributed by atoms with Crippen LogP contribution >= 0.6 is 0 Å². The minimum Gasteiger partial charge on any atom is -0.392 e. The van der Waals surface area contributed by atoms with Gasteiger partial charge in [-0.1, -0.05) is 43.7 Å². The van der Waals surface area contributed by atoms with E-state index in [1.807, 2.05) is 37.4 Å². The van der Waals surface area contributed by atoms with E-state index in [0.717, 1.165) is 29.7 Å². The quantitative estimate of drug-likeness (QED) is 0.642. The van der Waals surface area contributed by atoms with Crippen LogP contribution in [0.25, 0.3) is 5.70 Å². The molecule has 0 aliphatic rings. The van der Waals surface area contributed by atoms with Crippen LogP contribution in [0.15, 0.2) is 35.9 Å². The number of hydrogen-bond acceptors (Lipinski definition) is 3. The second kappa shape index (κ2) is 7.04. The zero-order valence-electron chi connectivity index (χ0n) is 9.96. The van der Waals surface area contributed by atoms with E-state index in [-0.39, 0.29) is 6.61 Å². The van der Waals surface area contributed by atoms with Crippen LogP contribution in [0, 0.1) is 0 Å². The van der Waals surface area contributed by atoms with E-state index in [1.54, 1.807) is 0 Å². The molecule has 0 amide bonds. The van der Waals surface area contributed by atoms with Crippen molar-refractivity contribution in [1.82, 2.24) is 10.9 Å². The first kappa shape index (κ1) is 12.7. The lowest BCUT2D eigenvalue weighted by atomic mass is 10.0. The molecule has 0 radical (unpaired) electrons. The Bertz CT molecular complexity index is 333. The minimum atomic E-state index is 0.0900. The van der Waals surface area contributed by atoms with Gasteiger partial charge in [0.1, 0.15) is 0 Å². The summed E-state index contributed by atoms with van der Waals surface area (Å²) in [7, 11) is 1.82. The van der Waals surface area contributed by atoms with Crippen LogP contribution in [-0.2, 0) is 0 Å². The van der Waals surface area contributed by atoms with Gasteiger partial charge in [0.15, 0.2) is 0 Å². The van der Waals surface area contributed by atoms with Gasteiger partial charge in [0.25, 0.3) is 0 Å². The number of benzene rings is 1. The molecule has 88 valence electrons. The lowest BCUT2D eigenvalue weighted by Gasteiger charge is -2.15. The summed E-state index contributed by atoms with van der Waals surface area (Å²) in [6, 6.07) is 10.0. The summed E-state index contributed by atoms with van der Waals surface area (Å²) < 4.78 is 0. The Morgan fingerprint density at radius 1 is 1.25 bits per heavy atom. The second-order valence-electron chi connectivity index (χ2n) is 3.63. The fourth-order valence-corrected chi connectivity index (χ4v) is 1.68. The predicted octanol–water partition coefficient (Wildman–Crippen LogP) is 1.91. The maximum Gasteiger partial charge on any atom is 0.0665 e. The summed E-state index contributed by atoms with van der Waals surface area (Å²) >= 11 is 0. The summed E-state index contributed by atoms with van der Waals surface area (Å²) in [5.74, 6) is 0. The molecule has 0 saturated carbocycles. The number of hydrazine groups is 1. The highest BCUT2D eigenvalue weighted by atomic mass is 16.3. The smallest absolute Gasteiger partial charge is 0.0665 e. The molecule has 0 fully saturated rings. The lowest BCUT2D eigenvalue weighted by molar-refractivity contribution is 0.326. The van der Waals surface area contributed by atoms with Crippen molar-refractivity contribution in [2.45, 2.75) is 19.8 Å². The zero-order chi connectivity index (χ0) is 11.8. The molecule has 3 nitrogen and oxygen atoms in total. The van der Waals surface area contributed by atoms with Gasteiger partial charge in [-0.2, -0.15) is 0 Å². The van der Waals surface area contributed by atoms with Crippen molar-refractivity contribution in [3.8, 4) is 0 Å². The van der Waals surface area contributed by atoms with Crippen LogP contribution in [0.2, 0.25) is 0 Å². The Morgan fingerprint density at radius 3 is 2.44 bits per heavy atom. The van der Waals surface area contributed by atoms with Gasteiger partial charge in [-0.25, -0.2) is 5.43 Å². The molecule has 0 saturated heterocycles. The van der Waals surface area contributed by atoms with Gasteiger partial charge in [0, 0.05) is 7.05 Å². The van der Waals surface area contributed by atoms with Crippen LogP contribution in [0.3, 0.4) is 0 Å². The highest BCUT2D eigenvalue weighted by molar-refractivity contribution is 5.66. The Kier molecular flexibility index (Phi) is 5.61. The predicted molar refractivity (Wildman–Crippen MR) is 67.6 cm³/mol. The molecule has 1 rings (SSSR count). The van der Waals surface area contributed by atoms with E-state index >= 15 is 0 Å². The number of nitrogens with one attached hydrogen (secondary N) is 2. The molecule has 0 aromatic heterocycles. The van der Waals surface area contributed by atoms with E-state index in [0.29, 0.717) is 0 Å². The number of hydrogen-bond donors (Lipinski definition) is 3. The molecule has 0 spiro atoms. The summed E-state index contributed by atoms with van der Waals surface area (Å²) in [6.45, 7) is 2.20. The Hall–Kier alpha value is -1.32. The molecule has 0 heterocycles. The molecule has 0 bridgehead atoms. The van der Waals surface area contributed by atoms with Gasteiger partial charge in [0.05, 0.1) is 12.3 Å². The molecule has 3 N–H and O–H groups in total. The zero-order valence-corrected chi connectivity index (χ0v) is 9.96. The monoisotopic (exact) mass is 220 g/mol. The van der Waals surface area contributed by atoms with Crippen molar-refractivity contribution < 1.29 is 5.11 Å². The fraction of sp³-hybridized carbons (Fsp3) is 0.385. The third-order valence-electron chi connectivity index (χ3n) is 2.41. The van der Waals surface area contributed by atoms with Crippen LogP contribution in [-0.4, -0.2) is 18.8 Å². The van der Waals surface area contributed by atoms with Crippen molar-refractivity contribution >= 4 is 5.70 Å². The average Bonchev–Trinajstić information content (AvgIpc) is 2.35. The SMILES string of the molecule is CCC/C(CO)=C(\NNC)c1ccccc1. The summed E-state index contributed by atoms with van der Waals surface area (Å²) in [5.41, 5.74) is 9.13.